The molecule has 0 N–H and O–H groups in total. The zero-order chi connectivity index (χ0) is 14.5. The highest BCUT2D eigenvalue weighted by Gasteiger charge is 2.19. The molecule has 1 aromatic carbocycles. The first-order chi connectivity index (χ1) is 9.65. The van der Waals surface area contributed by atoms with Crippen LogP contribution >= 0.6 is 11.6 Å². The van der Waals surface area contributed by atoms with E-state index in [0.29, 0.717) is 29.3 Å². The number of hydrogen-bond acceptors (Lipinski definition) is 4. The molecule has 1 atom stereocenters. The molecule has 2 rings (SSSR count). The topological polar surface area (TPSA) is 44.2 Å². The Morgan fingerprint density at radius 2 is 2.05 bits per heavy atom. The second-order valence-electron chi connectivity index (χ2n) is 4.08. The van der Waals surface area contributed by atoms with Crippen molar-refractivity contribution < 1.29 is 13.9 Å². The molecule has 0 aliphatic heterocycles. The average molecular weight is 297 g/mol. The minimum atomic E-state index is -0.592. The van der Waals surface area contributed by atoms with Crippen LogP contribution in [0.15, 0.2) is 30.6 Å². The number of ether oxygens (including phenoxy) is 2. The first kappa shape index (κ1) is 14.5. The first-order valence-electron chi connectivity index (χ1n) is 5.97. The van der Waals surface area contributed by atoms with Crippen molar-refractivity contribution in [1.82, 2.24) is 9.97 Å². The number of rotatable bonds is 5. The van der Waals surface area contributed by atoms with Crippen molar-refractivity contribution in [3.8, 4) is 11.6 Å². The van der Waals surface area contributed by atoms with E-state index in [9.17, 15) is 4.39 Å². The maximum absolute atomic E-state index is 13.9. The maximum Gasteiger partial charge on any atom is 0.216 e. The Bertz CT molecular complexity index is 595. The van der Waals surface area contributed by atoms with Crippen LogP contribution < -0.4 is 9.47 Å². The fourth-order valence-electron chi connectivity index (χ4n) is 1.89. The van der Waals surface area contributed by atoms with Crippen LogP contribution in [-0.2, 0) is 6.42 Å². The third-order valence-corrected chi connectivity index (χ3v) is 3.21. The summed E-state index contributed by atoms with van der Waals surface area (Å²) in [7, 11) is 3.00. The summed E-state index contributed by atoms with van der Waals surface area (Å²) < 4.78 is 24.1. The lowest BCUT2D eigenvalue weighted by Gasteiger charge is -2.14. The van der Waals surface area contributed by atoms with Crippen molar-refractivity contribution in [3.63, 3.8) is 0 Å². The Kier molecular flexibility index (Phi) is 4.74. The van der Waals surface area contributed by atoms with E-state index in [0.717, 1.165) is 0 Å². The van der Waals surface area contributed by atoms with Gasteiger partial charge in [0.05, 0.1) is 19.6 Å². The molecule has 4 nitrogen and oxygen atoms in total. The monoisotopic (exact) mass is 296 g/mol. The van der Waals surface area contributed by atoms with E-state index < -0.39 is 11.2 Å². The van der Waals surface area contributed by atoms with Gasteiger partial charge < -0.3 is 9.47 Å². The van der Waals surface area contributed by atoms with Gasteiger partial charge in [0.2, 0.25) is 5.88 Å². The van der Waals surface area contributed by atoms with E-state index in [4.69, 9.17) is 21.1 Å². The Morgan fingerprint density at radius 1 is 1.25 bits per heavy atom. The van der Waals surface area contributed by atoms with Gasteiger partial charge in [-0.15, -0.1) is 11.6 Å². The predicted octanol–water partition coefficient (Wildman–Crippen LogP) is 3.16. The molecule has 0 aliphatic carbocycles. The molecule has 20 heavy (non-hydrogen) atoms. The number of aromatic nitrogens is 2. The van der Waals surface area contributed by atoms with Crippen molar-refractivity contribution >= 4 is 11.6 Å². The summed E-state index contributed by atoms with van der Waals surface area (Å²) in [6.45, 7) is 0. The van der Waals surface area contributed by atoms with Crippen LogP contribution in [0, 0.1) is 5.82 Å². The fraction of sp³-hybridized carbons (Fsp3) is 0.286. The SMILES string of the molecule is COc1cc(CC(Cl)c2c(F)cccc2OC)ncn1. The molecular weight excluding hydrogens is 283 g/mol. The Balaban J connectivity index is 2.25. The quantitative estimate of drug-likeness (QED) is 0.795. The highest BCUT2D eigenvalue weighted by atomic mass is 35.5. The van der Waals surface area contributed by atoms with Gasteiger partial charge in [-0.25, -0.2) is 14.4 Å². The number of nitrogens with zero attached hydrogens (tertiary/aromatic N) is 2. The Morgan fingerprint density at radius 3 is 2.75 bits per heavy atom. The highest BCUT2D eigenvalue weighted by molar-refractivity contribution is 6.21. The Hall–Kier alpha value is -1.88. The van der Waals surface area contributed by atoms with Gasteiger partial charge in [-0.2, -0.15) is 0 Å². The van der Waals surface area contributed by atoms with Crippen LogP contribution in [0.3, 0.4) is 0 Å². The summed E-state index contributed by atoms with van der Waals surface area (Å²) in [5.74, 6) is 0.468. The van der Waals surface area contributed by atoms with Gasteiger partial charge in [-0.1, -0.05) is 6.07 Å². The largest absolute Gasteiger partial charge is 0.496 e. The van der Waals surface area contributed by atoms with Gasteiger partial charge >= 0.3 is 0 Å². The van der Waals surface area contributed by atoms with Gasteiger partial charge in [0.25, 0.3) is 0 Å². The number of hydrogen-bond donors (Lipinski definition) is 0. The van der Waals surface area contributed by atoms with Crippen LogP contribution in [-0.4, -0.2) is 24.2 Å². The van der Waals surface area contributed by atoms with Crippen LogP contribution in [0.4, 0.5) is 4.39 Å². The third kappa shape index (κ3) is 3.17. The molecule has 106 valence electrons. The van der Waals surface area contributed by atoms with Gasteiger partial charge in [0.1, 0.15) is 17.9 Å². The van der Waals surface area contributed by atoms with Crippen molar-refractivity contribution in [3.05, 3.63) is 47.7 Å². The van der Waals surface area contributed by atoms with E-state index in [1.54, 1.807) is 18.2 Å². The number of benzene rings is 1. The molecule has 1 heterocycles. The van der Waals surface area contributed by atoms with Crippen molar-refractivity contribution in [2.24, 2.45) is 0 Å². The van der Waals surface area contributed by atoms with Gasteiger partial charge in [-0.3, -0.25) is 0 Å². The zero-order valence-corrected chi connectivity index (χ0v) is 11.9. The summed E-state index contributed by atoms with van der Waals surface area (Å²) >= 11 is 6.30. The van der Waals surface area contributed by atoms with Crippen LogP contribution in [0.25, 0.3) is 0 Å². The number of methoxy groups -OCH3 is 2. The molecule has 0 amide bonds. The Labute approximate surface area is 121 Å². The normalized spacial score (nSPS) is 12.0. The van der Waals surface area contributed by atoms with Gasteiger partial charge in [-0.05, 0) is 12.1 Å². The molecule has 0 spiro atoms. The number of halogens is 2. The van der Waals surface area contributed by atoms with E-state index in [1.807, 2.05) is 0 Å². The molecule has 0 aliphatic rings. The second-order valence-corrected chi connectivity index (χ2v) is 4.61. The van der Waals surface area contributed by atoms with E-state index in [-0.39, 0.29) is 0 Å². The van der Waals surface area contributed by atoms with Crippen LogP contribution in [0.5, 0.6) is 11.6 Å². The summed E-state index contributed by atoms with van der Waals surface area (Å²) in [6, 6.07) is 6.28. The molecule has 0 fully saturated rings. The number of alkyl halides is 1. The molecule has 1 unspecified atom stereocenters. The van der Waals surface area contributed by atoms with E-state index in [2.05, 4.69) is 9.97 Å². The maximum atomic E-state index is 13.9. The average Bonchev–Trinajstić information content (AvgIpc) is 2.46. The molecule has 0 saturated carbocycles. The summed E-state index contributed by atoms with van der Waals surface area (Å²) in [6.07, 6.45) is 1.73. The van der Waals surface area contributed by atoms with Crippen molar-refractivity contribution in [2.75, 3.05) is 14.2 Å². The predicted molar refractivity (Wildman–Crippen MR) is 73.8 cm³/mol. The molecule has 0 saturated heterocycles. The lowest BCUT2D eigenvalue weighted by Crippen LogP contribution is -2.04. The van der Waals surface area contributed by atoms with Crippen LogP contribution in [0.1, 0.15) is 16.6 Å². The fourth-order valence-corrected chi connectivity index (χ4v) is 2.26. The summed E-state index contributed by atoms with van der Waals surface area (Å²) in [5, 5.41) is -0.592. The van der Waals surface area contributed by atoms with Crippen molar-refractivity contribution in [1.29, 1.82) is 0 Å². The summed E-state index contributed by atoms with van der Waals surface area (Å²) in [5.41, 5.74) is 0.997. The standard InChI is InChI=1S/C14H14ClFN2O2/c1-19-12-5-3-4-11(16)14(12)10(15)6-9-7-13(20-2)18-8-17-9/h3-5,7-8,10H,6H2,1-2H3. The molecule has 2 aromatic rings. The third-order valence-electron chi connectivity index (χ3n) is 2.84. The van der Waals surface area contributed by atoms with E-state index in [1.165, 1.54) is 26.6 Å². The zero-order valence-electron chi connectivity index (χ0n) is 11.1. The molecular formula is C14H14ClFN2O2. The smallest absolute Gasteiger partial charge is 0.216 e. The van der Waals surface area contributed by atoms with Crippen LogP contribution in [0.2, 0.25) is 0 Å². The minimum Gasteiger partial charge on any atom is -0.496 e. The first-order valence-corrected chi connectivity index (χ1v) is 6.40. The molecule has 1 aromatic heterocycles. The van der Waals surface area contributed by atoms with Crippen molar-refractivity contribution in [2.45, 2.75) is 11.8 Å². The molecule has 6 heteroatoms. The molecule has 0 radical (unpaired) electrons. The van der Waals surface area contributed by atoms with Gasteiger partial charge in [0.15, 0.2) is 0 Å². The minimum absolute atomic E-state index is 0.328. The van der Waals surface area contributed by atoms with E-state index >= 15 is 0 Å². The van der Waals surface area contributed by atoms with Gasteiger partial charge in [0, 0.05) is 23.7 Å². The highest BCUT2D eigenvalue weighted by Crippen LogP contribution is 2.34. The lowest BCUT2D eigenvalue weighted by atomic mass is 10.1. The lowest BCUT2D eigenvalue weighted by molar-refractivity contribution is 0.395. The second kappa shape index (κ2) is 6.52. The summed E-state index contributed by atoms with van der Waals surface area (Å²) in [4.78, 5) is 8.01. The molecule has 0 bridgehead atoms.